The second kappa shape index (κ2) is 4.96. The Morgan fingerprint density at radius 1 is 1.15 bits per heavy atom. The van der Waals surface area contributed by atoms with Crippen LogP contribution in [0.2, 0.25) is 0 Å². The Hall–Kier alpha value is -0.0900. The van der Waals surface area contributed by atoms with Crippen molar-refractivity contribution in [2.45, 2.75) is 39.8 Å². The molecular weight excluding hydrogens is 186 g/mol. The van der Waals surface area contributed by atoms with E-state index in [1.807, 2.05) is 6.92 Å². The first-order valence-corrected chi connectivity index (χ1v) is 6.72. The first kappa shape index (κ1) is 12.9. The summed E-state index contributed by atoms with van der Waals surface area (Å²) in [6.45, 7) is 8.21. The number of rotatable bonds is 5. The quantitative estimate of drug-likeness (QED) is 0.733. The van der Waals surface area contributed by atoms with Crippen molar-refractivity contribution >= 4 is 9.84 Å². The molecule has 2 unspecified atom stereocenters. The van der Waals surface area contributed by atoms with Gasteiger partial charge in [0.2, 0.25) is 0 Å². The van der Waals surface area contributed by atoms with Gasteiger partial charge in [-0.1, -0.05) is 13.8 Å². The van der Waals surface area contributed by atoms with Crippen molar-refractivity contribution in [1.82, 2.24) is 5.32 Å². The van der Waals surface area contributed by atoms with Crippen LogP contribution in [0.5, 0.6) is 0 Å². The largest absolute Gasteiger partial charge is 0.311 e. The Morgan fingerprint density at radius 3 is 1.92 bits per heavy atom. The van der Waals surface area contributed by atoms with Crippen molar-refractivity contribution in [3.8, 4) is 0 Å². The predicted molar refractivity (Wildman–Crippen MR) is 56.6 cm³/mol. The van der Waals surface area contributed by atoms with Gasteiger partial charge < -0.3 is 5.32 Å². The topological polar surface area (TPSA) is 46.2 Å². The van der Waals surface area contributed by atoms with Crippen LogP contribution in [0.1, 0.15) is 27.7 Å². The highest BCUT2D eigenvalue weighted by Crippen LogP contribution is 2.02. The highest BCUT2D eigenvalue weighted by atomic mass is 32.2. The molecule has 0 aromatic heterocycles. The van der Waals surface area contributed by atoms with Crippen LogP contribution < -0.4 is 5.32 Å². The van der Waals surface area contributed by atoms with Gasteiger partial charge in [-0.2, -0.15) is 0 Å². The molecule has 0 aliphatic rings. The molecule has 0 saturated carbocycles. The van der Waals surface area contributed by atoms with Gasteiger partial charge in [0.15, 0.2) is 0 Å². The van der Waals surface area contributed by atoms with Crippen LogP contribution in [0.15, 0.2) is 0 Å². The predicted octanol–water partition coefficient (Wildman–Crippen LogP) is 1.05. The van der Waals surface area contributed by atoms with Crippen LogP contribution in [-0.4, -0.2) is 32.5 Å². The van der Waals surface area contributed by atoms with Crippen molar-refractivity contribution < 1.29 is 8.42 Å². The van der Waals surface area contributed by atoms with Gasteiger partial charge in [-0.3, -0.25) is 0 Å². The van der Waals surface area contributed by atoms with Gasteiger partial charge in [-0.25, -0.2) is 8.42 Å². The van der Waals surface area contributed by atoms with E-state index < -0.39 is 9.84 Å². The molecule has 0 bridgehead atoms. The lowest BCUT2D eigenvalue weighted by atomic mass is 10.1. The van der Waals surface area contributed by atoms with E-state index in [0.29, 0.717) is 12.0 Å². The molecule has 3 nitrogen and oxygen atoms in total. The van der Waals surface area contributed by atoms with Gasteiger partial charge in [-0.15, -0.1) is 0 Å². The Labute approximate surface area is 81.8 Å². The summed E-state index contributed by atoms with van der Waals surface area (Å²) in [7, 11) is -2.86. The summed E-state index contributed by atoms with van der Waals surface area (Å²) in [5.74, 6) is 0.742. The highest BCUT2D eigenvalue weighted by Gasteiger charge is 2.14. The monoisotopic (exact) mass is 207 g/mol. The van der Waals surface area contributed by atoms with E-state index in [1.165, 1.54) is 6.26 Å². The van der Waals surface area contributed by atoms with Gasteiger partial charge in [-0.05, 0) is 19.8 Å². The fourth-order valence-electron chi connectivity index (χ4n) is 1.14. The van der Waals surface area contributed by atoms with E-state index in [2.05, 4.69) is 26.1 Å². The average Bonchev–Trinajstić information content (AvgIpc) is 1.81. The molecular formula is C9H21NO2S. The second-order valence-electron chi connectivity index (χ2n) is 4.19. The molecule has 2 atom stereocenters. The molecule has 13 heavy (non-hydrogen) atoms. The molecule has 0 aromatic rings. The molecule has 80 valence electrons. The Balaban J connectivity index is 3.95. The Morgan fingerprint density at radius 2 is 1.62 bits per heavy atom. The van der Waals surface area contributed by atoms with Crippen LogP contribution in [0.4, 0.5) is 0 Å². The summed E-state index contributed by atoms with van der Waals surface area (Å²) < 4.78 is 21.9. The van der Waals surface area contributed by atoms with Gasteiger partial charge in [0.25, 0.3) is 0 Å². The zero-order chi connectivity index (χ0) is 10.6. The minimum absolute atomic E-state index is 0.0346. The fourth-order valence-corrected chi connectivity index (χ4v) is 2.15. The summed E-state index contributed by atoms with van der Waals surface area (Å²) >= 11 is 0. The van der Waals surface area contributed by atoms with Crippen molar-refractivity contribution in [2.75, 3.05) is 12.0 Å². The van der Waals surface area contributed by atoms with Crippen molar-refractivity contribution in [2.24, 2.45) is 5.92 Å². The van der Waals surface area contributed by atoms with Crippen LogP contribution in [0, 0.1) is 5.92 Å². The summed E-state index contributed by atoms with van der Waals surface area (Å²) in [4.78, 5) is 0. The Bertz CT molecular complexity index is 234. The zero-order valence-electron chi connectivity index (χ0n) is 9.16. The smallest absolute Gasteiger partial charge is 0.148 e. The van der Waals surface area contributed by atoms with E-state index in [4.69, 9.17) is 0 Å². The SMILES string of the molecule is CC(CS(C)(=O)=O)NC(C)C(C)C. The summed E-state index contributed by atoms with van der Waals surface area (Å²) in [5.41, 5.74) is 0. The van der Waals surface area contributed by atoms with E-state index in [-0.39, 0.29) is 11.8 Å². The molecule has 0 rings (SSSR count). The first-order valence-electron chi connectivity index (χ1n) is 4.66. The molecule has 1 N–H and O–H groups in total. The maximum Gasteiger partial charge on any atom is 0.148 e. The normalized spacial score (nSPS) is 17.4. The molecule has 0 amide bonds. The third-order valence-corrected chi connectivity index (χ3v) is 3.21. The van der Waals surface area contributed by atoms with Gasteiger partial charge in [0, 0.05) is 18.3 Å². The molecule has 4 heteroatoms. The van der Waals surface area contributed by atoms with Crippen LogP contribution >= 0.6 is 0 Å². The van der Waals surface area contributed by atoms with Crippen LogP contribution in [-0.2, 0) is 9.84 Å². The molecule has 0 fully saturated rings. The lowest BCUT2D eigenvalue weighted by Gasteiger charge is -2.22. The third-order valence-electron chi connectivity index (χ3n) is 2.10. The number of hydrogen-bond acceptors (Lipinski definition) is 3. The summed E-state index contributed by atoms with van der Waals surface area (Å²) in [6.07, 6.45) is 1.27. The average molecular weight is 207 g/mol. The van der Waals surface area contributed by atoms with Gasteiger partial charge >= 0.3 is 0 Å². The number of hydrogen-bond donors (Lipinski definition) is 1. The van der Waals surface area contributed by atoms with E-state index in [9.17, 15) is 8.42 Å². The third kappa shape index (κ3) is 7.02. The number of sulfone groups is 1. The molecule has 0 aliphatic heterocycles. The fraction of sp³-hybridized carbons (Fsp3) is 1.00. The lowest BCUT2D eigenvalue weighted by molar-refractivity contribution is 0.396. The highest BCUT2D eigenvalue weighted by molar-refractivity contribution is 7.90. The van der Waals surface area contributed by atoms with Crippen LogP contribution in [0.3, 0.4) is 0 Å². The maximum absolute atomic E-state index is 11.0. The van der Waals surface area contributed by atoms with E-state index in [1.54, 1.807) is 0 Å². The standard InChI is InChI=1S/C9H21NO2S/c1-7(2)9(4)10-8(3)6-13(5,11)12/h7-10H,6H2,1-5H3. The lowest BCUT2D eigenvalue weighted by Crippen LogP contribution is -2.41. The van der Waals surface area contributed by atoms with Crippen LogP contribution in [0.25, 0.3) is 0 Å². The Kier molecular flexibility index (Phi) is 4.92. The maximum atomic E-state index is 11.0. The van der Waals surface area contributed by atoms with Gasteiger partial charge in [0.05, 0.1) is 5.75 Å². The molecule has 0 aromatic carbocycles. The minimum Gasteiger partial charge on any atom is -0.311 e. The van der Waals surface area contributed by atoms with E-state index in [0.717, 1.165) is 0 Å². The molecule has 0 heterocycles. The van der Waals surface area contributed by atoms with Crippen molar-refractivity contribution in [3.05, 3.63) is 0 Å². The summed E-state index contributed by atoms with van der Waals surface area (Å²) in [5, 5.41) is 3.26. The minimum atomic E-state index is -2.86. The molecule has 0 spiro atoms. The van der Waals surface area contributed by atoms with E-state index >= 15 is 0 Å². The molecule has 0 saturated heterocycles. The first-order chi connectivity index (χ1) is 5.72. The zero-order valence-corrected chi connectivity index (χ0v) is 9.98. The van der Waals surface area contributed by atoms with Crippen molar-refractivity contribution in [3.63, 3.8) is 0 Å². The number of nitrogens with one attached hydrogen (secondary N) is 1. The van der Waals surface area contributed by atoms with Crippen molar-refractivity contribution in [1.29, 1.82) is 0 Å². The van der Waals surface area contributed by atoms with Gasteiger partial charge in [0.1, 0.15) is 9.84 Å². The second-order valence-corrected chi connectivity index (χ2v) is 6.38. The summed E-state index contributed by atoms with van der Waals surface area (Å²) in [6, 6.07) is 0.393. The molecule has 0 radical (unpaired) electrons. The molecule has 0 aliphatic carbocycles.